The van der Waals surface area contributed by atoms with Gasteiger partial charge >= 0.3 is 0 Å². The fourth-order valence-electron chi connectivity index (χ4n) is 3.06. The Balaban J connectivity index is 1.77. The van der Waals surface area contributed by atoms with Gasteiger partial charge in [0.05, 0.1) is 5.69 Å². The summed E-state index contributed by atoms with van der Waals surface area (Å²) in [6, 6.07) is 10.4. The number of halogens is 1. The molecule has 1 unspecified atom stereocenters. The standard InChI is InChI=1S/C18H21BrN4/c1-12-10-15(11-18(2,3)23-12)21-17-20-9-8-16(22-17)13-4-6-14(19)7-5-13/h4-9,15,23H,1,10-11H2,2-3H3,(H,20,21,22). The van der Waals surface area contributed by atoms with Gasteiger partial charge in [-0.3, -0.25) is 0 Å². The third-order valence-electron chi connectivity index (χ3n) is 3.89. The lowest BCUT2D eigenvalue weighted by atomic mass is 9.88. The number of rotatable bonds is 3. The van der Waals surface area contributed by atoms with Gasteiger partial charge < -0.3 is 10.6 Å². The first-order valence-corrected chi connectivity index (χ1v) is 8.52. The van der Waals surface area contributed by atoms with E-state index in [1.165, 1.54) is 0 Å². The summed E-state index contributed by atoms with van der Waals surface area (Å²) in [5.41, 5.74) is 3.09. The number of nitrogens with one attached hydrogen (secondary N) is 2. The maximum absolute atomic E-state index is 4.65. The van der Waals surface area contributed by atoms with Gasteiger partial charge in [0.15, 0.2) is 0 Å². The minimum absolute atomic E-state index is 0.0380. The molecule has 2 aromatic rings. The lowest BCUT2D eigenvalue weighted by Crippen LogP contribution is -2.48. The van der Waals surface area contributed by atoms with Gasteiger partial charge in [-0.25, -0.2) is 9.97 Å². The highest BCUT2D eigenvalue weighted by Crippen LogP contribution is 2.26. The van der Waals surface area contributed by atoms with Crippen LogP contribution in [0, 0.1) is 0 Å². The van der Waals surface area contributed by atoms with Gasteiger partial charge in [0.25, 0.3) is 0 Å². The van der Waals surface area contributed by atoms with Gasteiger partial charge in [0, 0.05) is 39.9 Å². The van der Waals surface area contributed by atoms with Crippen LogP contribution in [0.4, 0.5) is 5.95 Å². The SMILES string of the molecule is C=C1CC(Nc2nccc(-c3ccc(Br)cc3)n2)CC(C)(C)N1. The van der Waals surface area contributed by atoms with Crippen molar-refractivity contribution in [2.24, 2.45) is 0 Å². The molecule has 0 radical (unpaired) electrons. The molecular weight excluding hydrogens is 352 g/mol. The summed E-state index contributed by atoms with van der Waals surface area (Å²) in [6.45, 7) is 8.45. The van der Waals surface area contributed by atoms with E-state index in [-0.39, 0.29) is 5.54 Å². The maximum Gasteiger partial charge on any atom is 0.223 e. The third-order valence-corrected chi connectivity index (χ3v) is 4.42. The van der Waals surface area contributed by atoms with Crippen LogP contribution in [0.5, 0.6) is 0 Å². The van der Waals surface area contributed by atoms with E-state index in [1.807, 2.05) is 30.3 Å². The zero-order valence-corrected chi connectivity index (χ0v) is 15.0. The number of piperidine rings is 1. The van der Waals surface area contributed by atoms with Crippen LogP contribution in [0.1, 0.15) is 26.7 Å². The van der Waals surface area contributed by atoms with Crippen molar-refractivity contribution in [3.05, 3.63) is 53.3 Å². The van der Waals surface area contributed by atoms with Crippen molar-refractivity contribution in [2.75, 3.05) is 5.32 Å². The summed E-state index contributed by atoms with van der Waals surface area (Å²) < 4.78 is 1.06. The fourth-order valence-corrected chi connectivity index (χ4v) is 3.32. The molecule has 1 aromatic carbocycles. The number of aromatic nitrogens is 2. The first-order chi connectivity index (χ1) is 10.9. The molecule has 0 saturated carbocycles. The Bertz CT molecular complexity index is 709. The van der Waals surface area contributed by atoms with Crippen LogP contribution in [0.15, 0.2) is 53.3 Å². The smallest absolute Gasteiger partial charge is 0.223 e. The fraction of sp³-hybridized carbons (Fsp3) is 0.333. The predicted octanol–water partition coefficient (Wildman–Crippen LogP) is 4.36. The number of hydrogen-bond donors (Lipinski definition) is 2. The van der Waals surface area contributed by atoms with E-state index in [9.17, 15) is 0 Å². The average Bonchev–Trinajstić information content (AvgIpc) is 2.46. The summed E-state index contributed by atoms with van der Waals surface area (Å²) in [7, 11) is 0. The highest BCUT2D eigenvalue weighted by atomic mass is 79.9. The van der Waals surface area contributed by atoms with E-state index in [0.717, 1.165) is 34.3 Å². The maximum atomic E-state index is 4.65. The van der Waals surface area contributed by atoms with Crippen molar-refractivity contribution in [1.82, 2.24) is 15.3 Å². The molecular formula is C18H21BrN4. The van der Waals surface area contributed by atoms with Crippen LogP contribution >= 0.6 is 15.9 Å². The molecule has 1 aliphatic rings. The van der Waals surface area contributed by atoms with Crippen molar-refractivity contribution < 1.29 is 0 Å². The lowest BCUT2D eigenvalue weighted by molar-refractivity contribution is 0.324. The Morgan fingerprint density at radius 3 is 2.70 bits per heavy atom. The molecule has 120 valence electrons. The van der Waals surface area contributed by atoms with Gasteiger partial charge in [-0.05, 0) is 38.5 Å². The zero-order chi connectivity index (χ0) is 16.4. The number of benzene rings is 1. The predicted molar refractivity (Wildman–Crippen MR) is 98.2 cm³/mol. The molecule has 2 heterocycles. The van der Waals surface area contributed by atoms with E-state index in [2.05, 4.69) is 57.0 Å². The molecule has 1 fully saturated rings. The van der Waals surface area contributed by atoms with Crippen molar-refractivity contribution in [1.29, 1.82) is 0 Å². The molecule has 2 N–H and O–H groups in total. The van der Waals surface area contributed by atoms with Crippen LogP contribution in [-0.4, -0.2) is 21.5 Å². The minimum Gasteiger partial charge on any atom is -0.384 e. The highest BCUT2D eigenvalue weighted by molar-refractivity contribution is 9.10. The molecule has 1 aromatic heterocycles. The molecule has 23 heavy (non-hydrogen) atoms. The van der Waals surface area contributed by atoms with Crippen LogP contribution < -0.4 is 10.6 Å². The van der Waals surface area contributed by atoms with E-state index in [4.69, 9.17) is 0 Å². The monoisotopic (exact) mass is 372 g/mol. The van der Waals surface area contributed by atoms with Gasteiger partial charge in [0.1, 0.15) is 0 Å². The van der Waals surface area contributed by atoms with Gasteiger partial charge in [0.2, 0.25) is 5.95 Å². The van der Waals surface area contributed by atoms with Crippen molar-refractivity contribution in [3.63, 3.8) is 0 Å². The Labute approximate surface area is 145 Å². The Hall–Kier alpha value is -1.88. The summed E-state index contributed by atoms with van der Waals surface area (Å²) in [6.07, 6.45) is 3.68. The minimum atomic E-state index is 0.0380. The first-order valence-electron chi connectivity index (χ1n) is 7.73. The van der Waals surface area contributed by atoms with Crippen molar-refractivity contribution >= 4 is 21.9 Å². The first kappa shape index (κ1) is 16.0. The molecule has 1 atom stereocenters. The second-order valence-electron chi connectivity index (χ2n) is 6.63. The number of anilines is 1. The Morgan fingerprint density at radius 1 is 1.26 bits per heavy atom. The second kappa shape index (κ2) is 6.32. The van der Waals surface area contributed by atoms with Gasteiger partial charge in [-0.15, -0.1) is 0 Å². The van der Waals surface area contributed by atoms with Crippen molar-refractivity contribution in [3.8, 4) is 11.3 Å². The van der Waals surface area contributed by atoms with Crippen LogP contribution in [0.3, 0.4) is 0 Å². The molecule has 3 rings (SSSR count). The van der Waals surface area contributed by atoms with Crippen LogP contribution in [0.2, 0.25) is 0 Å². The van der Waals surface area contributed by atoms with Crippen LogP contribution in [-0.2, 0) is 0 Å². The Kier molecular flexibility index (Phi) is 4.39. The van der Waals surface area contributed by atoms with E-state index in [1.54, 1.807) is 6.20 Å². The zero-order valence-electron chi connectivity index (χ0n) is 13.4. The third kappa shape index (κ3) is 4.10. The normalized spacial score (nSPS) is 20.0. The Morgan fingerprint density at radius 2 is 2.00 bits per heavy atom. The highest BCUT2D eigenvalue weighted by Gasteiger charge is 2.29. The molecule has 1 aliphatic heterocycles. The van der Waals surface area contributed by atoms with Crippen LogP contribution in [0.25, 0.3) is 11.3 Å². The van der Waals surface area contributed by atoms with Gasteiger partial charge in [-0.1, -0.05) is 34.6 Å². The van der Waals surface area contributed by atoms with Gasteiger partial charge in [-0.2, -0.15) is 0 Å². The van der Waals surface area contributed by atoms with E-state index >= 15 is 0 Å². The summed E-state index contributed by atoms with van der Waals surface area (Å²) in [4.78, 5) is 9.02. The molecule has 4 nitrogen and oxygen atoms in total. The second-order valence-corrected chi connectivity index (χ2v) is 7.55. The molecule has 0 amide bonds. The molecule has 5 heteroatoms. The van der Waals surface area contributed by atoms with Crippen molar-refractivity contribution in [2.45, 2.75) is 38.3 Å². The molecule has 1 saturated heterocycles. The lowest BCUT2D eigenvalue weighted by Gasteiger charge is -2.38. The largest absolute Gasteiger partial charge is 0.384 e. The topological polar surface area (TPSA) is 49.8 Å². The molecule has 0 aliphatic carbocycles. The summed E-state index contributed by atoms with van der Waals surface area (Å²) in [5.74, 6) is 0.668. The summed E-state index contributed by atoms with van der Waals surface area (Å²) in [5, 5.41) is 6.89. The molecule has 0 spiro atoms. The number of nitrogens with zero attached hydrogens (tertiary/aromatic N) is 2. The molecule has 0 bridgehead atoms. The van der Waals surface area contributed by atoms with E-state index < -0.39 is 0 Å². The average molecular weight is 373 g/mol. The quantitative estimate of drug-likeness (QED) is 0.839. The van der Waals surface area contributed by atoms with E-state index in [0.29, 0.717) is 12.0 Å². The summed E-state index contributed by atoms with van der Waals surface area (Å²) >= 11 is 3.46. The number of hydrogen-bond acceptors (Lipinski definition) is 4.